The predicted octanol–water partition coefficient (Wildman–Crippen LogP) is 3.12. The van der Waals surface area contributed by atoms with Crippen LogP contribution in [0.2, 0.25) is 0 Å². The molecule has 0 aliphatic heterocycles. The molecule has 1 saturated carbocycles. The van der Waals surface area contributed by atoms with Crippen molar-refractivity contribution in [1.29, 1.82) is 0 Å². The lowest BCUT2D eigenvalue weighted by Crippen LogP contribution is -2.46. The Bertz CT molecular complexity index is 1580. The van der Waals surface area contributed by atoms with Crippen LogP contribution in [0.4, 0.5) is 10.2 Å². The van der Waals surface area contributed by atoms with Crippen LogP contribution in [0.3, 0.4) is 0 Å². The van der Waals surface area contributed by atoms with Crippen LogP contribution in [0.25, 0.3) is 11.3 Å². The first-order chi connectivity index (χ1) is 18.7. The number of Topliss-reactive ketones (excluding diaryl/α,β-unsaturated/α-hetero) is 1. The van der Waals surface area contributed by atoms with Crippen molar-refractivity contribution in [3.05, 3.63) is 94.3 Å². The zero-order chi connectivity index (χ0) is 27.7. The number of carbonyl (C=O) groups is 2. The lowest BCUT2D eigenvalue weighted by molar-refractivity contribution is -0.122. The number of nitrogen functional groups attached to an aromatic ring is 1. The first-order valence-corrected chi connectivity index (χ1v) is 12.5. The summed E-state index contributed by atoms with van der Waals surface area (Å²) in [5.41, 5.74) is 6.49. The number of carbonyl (C=O) groups excluding carboxylic acids is 2. The van der Waals surface area contributed by atoms with Gasteiger partial charge in [0.1, 0.15) is 12.4 Å². The van der Waals surface area contributed by atoms with Crippen molar-refractivity contribution >= 4 is 17.5 Å². The Morgan fingerprint density at radius 1 is 1.10 bits per heavy atom. The van der Waals surface area contributed by atoms with Crippen molar-refractivity contribution < 1.29 is 18.4 Å². The van der Waals surface area contributed by atoms with E-state index in [9.17, 15) is 18.8 Å². The molecule has 2 aromatic carbocycles. The first kappa shape index (κ1) is 26.0. The molecule has 200 valence electrons. The zero-order valence-corrected chi connectivity index (χ0v) is 21.4. The topological polar surface area (TPSA) is 146 Å². The number of ketones is 1. The maximum absolute atomic E-state index is 13.4. The van der Waals surface area contributed by atoms with E-state index >= 15 is 0 Å². The smallest absolute Gasteiger partial charge is 0.294 e. The number of amides is 1. The van der Waals surface area contributed by atoms with E-state index in [1.807, 2.05) is 6.07 Å². The van der Waals surface area contributed by atoms with Crippen LogP contribution >= 0.6 is 0 Å². The molecule has 1 aliphatic carbocycles. The molecule has 0 radical (unpaired) electrons. The molecule has 39 heavy (non-hydrogen) atoms. The molecule has 1 amide bonds. The van der Waals surface area contributed by atoms with Gasteiger partial charge in [0, 0.05) is 0 Å². The van der Waals surface area contributed by atoms with Gasteiger partial charge in [0.25, 0.3) is 11.4 Å². The van der Waals surface area contributed by atoms with E-state index in [-0.39, 0.29) is 35.9 Å². The van der Waals surface area contributed by atoms with Gasteiger partial charge < -0.3 is 15.5 Å². The monoisotopic (exact) mass is 530 g/mol. The van der Waals surface area contributed by atoms with E-state index < -0.39 is 28.7 Å². The Morgan fingerprint density at radius 2 is 1.79 bits per heavy atom. The average molecular weight is 531 g/mol. The zero-order valence-electron chi connectivity index (χ0n) is 21.4. The van der Waals surface area contributed by atoms with Gasteiger partial charge in [-0.05, 0) is 42.0 Å². The second-order valence-corrected chi connectivity index (χ2v) is 9.94. The predicted molar refractivity (Wildman–Crippen MR) is 140 cm³/mol. The average Bonchev–Trinajstić information content (AvgIpc) is 3.58. The maximum Gasteiger partial charge on any atom is 0.294 e. The van der Waals surface area contributed by atoms with Gasteiger partial charge >= 0.3 is 0 Å². The van der Waals surface area contributed by atoms with Crippen LogP contribution in [-0.2, 0) is 16.8 Å². The fourth-order valence-electron chi connectivity index (χ4n) is 4.57. The quantitative estimate of drug-likeness (QED) is 0.314. The summed E-state index contributed by atoms with van der Waals surface area (Å²) in [7, 11) is 0. The van der Waals surface area contributed by atoms with E-state index in [0.29, 0.717) is 11.3 Å². The summed E-state index contributed by atoms with van der Waals surface area (Å²) in [6, 6.07) is 14.1. The van der Waals surface area contributed by atoms with Crippen molar-refractivity contribution in [1.82, 2.24) is 25.1 Å². The van der Waals surface area contributed by atoms with Crippen LogP contribution in [0.5, 0.6) is 0 Å². The fraction of sp³-hybridized carbons (Fsp3) is 0.286. The van der Waals surface area contributed by atoms with E-state index in [2.05, 4.69) is 20.5 Å². The van der Waals surface area contributed by atoms with Crippen molar-refractivity contribution in [3.8, 4) is 11.3 Å². The minimum atomic E-state index is -0.984. The van der Waals surface area contributed by atoms with Gasteiger partial charge in [-0.15, -0.1) is 10.2 Å². The number of aromatic nitrogens is 4. The second kappa shape index (κ2) is 10.2. The molecule has 0 saturated heterocycles. The molecule has 1 atom stereocenters. The lowest BCUT2D eigenvalue weighted by Gasteiger charge is -2.20. The van der Waals surface area contributed by atoms with Gasteiger partial charge in [0.15, 0.2) is 5.82 Å². The van der Waals surface area contributed by atoms with Gasteiger partial charge in [-0.1, -0.05) is 56.3 Å². The summed E-state index contributed by atoms with van der Waals surface area (Å²) < 4.78 is 20.4. The van der Waals surface area contributed by atoms with Crippen LogP contribution in [0.15, 0.2) is 70.0 Å². The summed E-state index contributed by atoms with van der Waals surface area (Å²) in [6.07, 6.45) is 2.89. The van der Waals surface area contributed by atoms with Crippen LogP contribution < -0.4 is 16.6 Å². The molecule has 0 spiro atoms. The number of anilines is 1. The Kier molecular flexibility index (Phi) is 6.81. The van der Waals surface area contributed by atoms with Gasteiger partial charge in [0.2, 0.25) is 17.6 Å². The number of rotatable bonds is 9. The minimum absolute atomic E-state index is 0.229. The minimum Gasteiger partial charge on any atom is -0.417 e. The molecule has 11 heteroatoms. The number of nitrogens with two attached hydrogens (primary N) is 1. The van der Waals surface area contributed by atoms with Crippen molar-refractivity contribution in [2.24, 2.45) is 5.92 Å². The Hall–Kier alpha value is -4.67. The summed E-state index contributed by atoms with van der Waals surface area (Å²) in [5.74, 6) is -1.98. The van der Waals surface area contributed by atoms with Crippen molar-refractivity contribution in [2.45, 2.75) is 44.7 Å². The molecule has 2 heterocycles. The summed E-state index contributed by atoms with van der Waals surface area (Å²) in [4.78, 5) is 43.2. The van der Waals surface area contributed by atoms with E-state index in [1.165, 1.54) is 22.9 Å². The molecular weight excluding hydrogens is 503 g/mol. The number of halogens is 1. The van der Waals surface area contributed by atoms with Crippen LogP contribution in [0.1, 0.15) is 48.8 Å². The third-order valence-corrected chi connectivity index (χ3v) is 6.91. The molecule has 1 fully saturated rings. The van der Waals surface area contributed by atoms with Gasteiger partial charge in [-0.25, -0.2) is 9.37 Å². The highest BCUT2D eigenvalue weighted by Crippen LogP contribution is 2.52. The van der Waals surface area contributed by atoms with E-state index in [1.54, 1.807) is 50.2 Å². The Morgan fingerprint density at radius 3 is 2.44 bits per heavy atom. The number of hydrogen-bond acceptors (Lipinski definition) is 8. The highest BCUT2D eigenvalue weighted by Gasteiger charge is 2.51. The molecule has 2 aromatic heterocycles. The summed E-state index contributed by atoms with van der Waals surface area (Å²) >= 11 is 0. The molecule has 10 nitrogen and oxygen atoms in total. The third kappa shape index (κ3) is 5.07. The Balaban J connectivity index is 1.36. The number of benzene rings is 2. The second-order valence-electron chi connectivity index (χ2n) is 9.94. The summed E-state index contributed by atoms with van der Waals surface area (Å²) in [6.45, 7) is 3.16. The van der Waals surface area contributed by atoms with Crippen molar-refractivity contribution in [3.63, 3.8) is 0 Å². The number of hydrogen-bond donors (Lipinski definition) is 2. The molecule has 0 bridgehead atoms. The normalized spacial score (nSPS) is 14.7. The van der Waals surface area contributed by atoms with Gasteiger partial charge in [-0.2, -0.15) is 0 Å². The lowest BCUT2D eigenvalue weighted by atomic mass is 9.96. The number of nitrogens with zero attached hydrogens (tertiary/aromatic N) is 4. The first-order valence-electron chi connectivity index (χ1n) is 12.5. The van der Waals surface area contributed by atoms with Gasteiger partial charge in [0.05, 0.1) is 23.3 Å². The highest BCUT2D eigenvalue weighted by atomic mass is 19.1. The van der Waals surface area contributed by atoms with E-state index in [0.717, 1.165) is 18.4 Å². The SMILES string of the molecule is CC(C)[C@@H](NC(=O)Cn1c(-c2ccccc2)cnc(N)c1=O)C(=O)c1nnc(C2(c3ccc(F)cc3)CC2)o1. The van der Waals surface area contributed by atoms with Crippen molar-refractivity contribution in [2.75, 3.05) is 5.73 Å². The fourth-order valence-corrected chi connectivity index (χ4v) is 4.57. The van der Waals surface area contributed by atoms with E-state index in [4.69, 9.17) is 10.2 Å². The van der Waals surface area contributed by atoms with Crippen LogP contribution in [-0.4, -0.2) is 37.5 Å². The molecular formula is C28H27FN6O4. The van der Waals surface area contributed by atoms with Gasteiger partial charge in [-0.3, -0.25) is 19.0 Å². The molecule has 5 rings (SSSR count). The molecule has 0 unspecified atom stereocenters. The Labute approximate surface area is 223 Å². The standard InChI is InChI=1S/C28H27FN6O4/c1-16(2)22(23(37)25-33-34-27(39-25)28(12-13-28)18-8-10-19(29)11-9-18)32-21(36)15-35-20(14-31-24(30)26(35)38)17-6-4-3-5-7-17/h3-11,14,16,22H,12-13,15H2,1-2H3,(H2,30,31)(H,32,36)/t22-/m1/s1. The largest absolute Gasteiger partial charge is 0.417 e. The highest BCUT2D eigenvalue weighted by molar-refractivity contribution is 5.98. The van der Waals surface area contributed by atoms with Crippen LogP contribution in [0, 0.1) is 11.7 Å². The summed E-state index contributed by atoms with van der Waals surface area (Å²) in [5, 5.41) is 10.8. The maximum atomic E-state index is 13.4. The molecule has 3 N–H and O–H groups in total. The number of nitrogens with one attached hydrogen (secondary N) is 1. The molecule has 1 aliphatic rings. The third-order valence-electron chi connectivity index (χ3n) is 6.91. The molecule has 4 aromatic rings.